The monoisotopic (exact) mass is 251 g/mol. The number of nitrogens with one attached hydrogen (secondary N) is 1. The molecule has 1 atom stereocenters. The fourth-order valence-corrected chi connectivity index (χ4v) is 1.52. The largest absolute Gasteiger partial charge is 0.484 e. The maximum atomic E-state index is 11.5. The summed E-state index contributed by atoms with van der Waals surface area (Å²) in [5, 5.41) is 11.7. The molecule has 0 spiro atoms. The number of ether oxygens (including phenoxy) is 1. The predicted molar refractivity (Wildman–Crippen MR) is 70.6 cm³/mol. The van der Waals surface area contributed by atoms with E-state index < -0.39 is 0 Å². The first-order valence-electron chi connectivity index (χ1n) is 6.31. The van der Waals surface area contributed by atoms with Crippen LogP contribution in [0.5, 0.6) is 5.75 Å². The quantitative estimate of drug-likeness (QED) is 0.772. The Kier molecular flexibility index (Phi) is 6.22. The molecule has 0 aromatic heterocycles. The molecule has 1 amide bonds. The Morgan fingerprint density at radius 1 is 1.33 bits per heavy atom. The van der Waals surface area contributed by atoms with Crippen LogP contribution in [0.2, 0.25) is 0 Å². The highest BCUT2D eigenvalue weighted by atomic mass is 16.5. The number of amides is 1. The number of hydrogen-bond acceptors (Lipinski definition) is 3. The molecule has 0 aliphatic rings. The number of aliphatic hydroxyl groups is 1. The van der Waals surface area contributed by atoms with E-state index in [9.17, 15) is 4.79 Å². The van der Waals surface area contributed by atoms with Crippen LogP contribution in [0.15, 0.2) is 24.3 Å². The van der Waals surface area contributed by atoms with E-state index in [0.717, 1.165) is 6.42 Å². The third-order valence-electron chi connectivity index (χ3n) is 2.78. The lowest BCUT2D eigenvalue weighted by atomic mass is 10.2. The lowest BCUT2D eigenvalue weighted by Gasteiger charge is -2.14. The van der Waals surface area contributed by atoms with Crippen LogP contribution < -0.4 is 10.1 Å². The van der Waals surface area contributed by atoms with Gasteiger partial charge in [-0.3, -0.25) is 4.79 Å². The third-order valence-corrected chi connectivity index (χ3v) is 2.78. The van der Waals surface area contributed by atoms with Gasteiger partial charge in [-0.2, -0.15) is 0 Å². The van der Waals surface area contributed by atoms with Gasteiger partial charge in [-0.1, -0.05) is 26.0 Å². The maximum absolute atomic E-state index is 11.5. The van der Waals surface area contributed by atoms with Crippen molar-refractivity contribution in [3.63, 3.8) is 0 Å². The first kappa shape index (κ1) is 14.5. The van der Waals surface area contributed by atoms with Gasteiger partial charge in [0.2, 0.25) is 0 Å². The summed E-state index contributed by atoms with van der Waals surface area (Å²) >= 11 is 0. The lowest BCUT2D eigenvalue weighted by Crippen LogP contribution is -2.39. The number of benzene rings is 1. The minimum absolute atomic E-state index is 0.0258. The number of carbonyl (C=O) groups is 1. The molecular formula is C14H21NO3. The Bertz CT molecular complexity index is 358. The maximum Gasteiger partial charge on any atom is 0.258 e. The summed E-state index contributed by atoms with van der Waals surface area (Å²) in [6.07, 6.45) is 1.68. The Hall–Kier alpha value is -1.55. The molecule has 1 aromatic rings. The normalized spacial score (nSPS) is 11.9. The van der Waals surface area contributed by atoms with E-state index in [0.29, 0.717) is 12.2 Å². The van der Waals surface area contributed by atoms with Gasteiger partial charge in [0.1, 0.15) is 5.75 Å². The Labute approximate surface area is 108 Å². The predicted octanol–water partition coefficient (Wildman–Crippen LogP) is 1.51. The zero-order valence-corrected chi connectivity index (χ0v) is 11.0. The van der Waals surface area contributed by atoms with Crippen molar-refractivity contribution >= 4 is 5.91 Å². The summed E-state index contributed by atoms with van der Waals surface area (Å²) in [6.45, 7) is 3.92. The van der Waals surface area contributed by atoms with Gasteiger partial charge in [0.05, 0.1) is 12.6 Å². The SMILES string of the molecule is CCc1ccc(OCC(=O)NC(CC)CO)cc1. The van der Waals surface area contributed by atoms with Gasteiger partial charge in [-0.15, -0.1) is 0 Å². The van der Waals surface area contributed by atoms with Crippen molar-refractivity contribution in [2.75, 3.05) is 13.2 Å². The highest BCUT2D eigenvalue weighted by Crippen LogP contribution is 2.12. The molecule has 100 valence electrons. The molecular weight excluding hydrogens is 230 g/mol. The van der Waals surface area contributed by atoms with E-state index in [1.807, 2.05) is 31.2 Å². The fraction of sp³-hybridized carbons (Fsp3) is 0.500. The fourth-order valence-electron chi connectivity index (χ4n) is 1.52. The second-order valence-corrected chi connectivity index (χ2v) is 4.14. The summed E-state index contributed by atoms with van der Waals surface area (Å²) in [6, 6.07) is 7.49. The van der Waals surface area contributed by atoms with E-state index in [1.165, 1.54) is 5.56 Å². The van der Waals surface area contributed by atoms with E-state index in [2.05, 4.69) is 12.2 Å². The van der Waals surface area contributed by atoms with Crippen molar-refractivity contribution < 1.29 is 14.6 Å². The average Bonchev–Trinajstić information content (AvgIpc) is 2.43. The van der Waals surface area contributed by atoms with Crippen molar-refractivity contribution in [3.8, 4) is 5.75 Å². The smallest absolute Gasteiger partial charge is 0.258 e. The summed E-state index contributed by atoms with van der Waals surface area (Å²) in [5.41, 5.74) is 1.23. The number of aryl methyl sites for hydroxylation is 1. The third kappa shape index (κ3) is 4.75. The number of hydrogen-bond donors (Lipinski definition) is 2. The van der Waals surface area contributed by atoms with Crippen LogP contribution in [0.25, 0.3) is 0 Å². The van der Waals surface area contributed by atoms with Crippen LogP contribution in [-0.4, -0.2) is 30.3 Å². The van der Waals surface area contributed by atoms with Gasteiger partial charge in [0.15, 0.2) is 6.61 Å². The second-order valence-electron chi connectivity index (χ2n) is 4.14. The summed E-state index contributed by atoms with van der Waals surface area (Å²) in [4.78, 5) is 11.5. The molecule has 1 unspecified atom stereocenters. The molecule has 1 aromatic carbocycles. The number of rotatable bonds is 7. The van der Waals surface area contributed by atoms with E-state index in [4.69, 9.17) is 9.84 Å². The van der Waals surface area contributed by atoms with Crippen LogP contribution in [0.4, 0.5) is 0 Å². The molecule has 0 saturated carbocycles. The minimum Gasteiger partial charge on any atom is -0.484 e. The Balaban J connectivity index is 2.37. The lowest BCUT2D eigenvalue weighted by molar-refractivity contribution is -0.124. The number of aliphatic hydroxyl groups excluding tert-OH is 1. The zero-order chi connectivity index (χ0) is 13.4. The molecule has 4 nitrogen and oxygen atoms in total. The Morgan fingerprint density at radius 3 is 2.50 bits per heavy atom. The van der Waals surface area contributed by atoms with E-state index in [-0.39, 0.29) is 25.2 Å². The van der Waals surface area contributed by atoms with Crippen LogP contribution in [-0.2, 0) is 11.2 Å². The first-order chi connectivity index (χ1) is 8.69. The number of carbonyl (C=O) groups excluding carboxylic acids is 1. The van der Waals surface area contributed by atoms with Gasteiger partial charge in [0.25, 0.3) is 5.91 Å². The minimum atomic E-state index is -0.213. The zero-order valence-electron chi connectivity index (χ0n) is 11.0. The molecule has 0 bridgehead atoms. The molecule has 0 saturated heterocycles. The van der Waals surface area contributed by atoms with Crippen molar-refractivity contribution in [1.82, 2.24) is 5.32 Å². The molecule has 0 fully saturated rings. The van der Waals surface area contributed by atoms with Crippen LogP contribution >= 0.6 is 0 Å². The van der Waals surface area contributed by atoms with Gasteiger partial charge < -0.3 is 15.2 Å². The molecule has 2 N–H and O–H groups in total. The van der Waals surface area contributed by atoms with Crippen LogP contribution in [0.3, 0.4) is 0 Å². The summed E-state index contributed by atoms with van der Waals surface area (Å²) in [5.74, 6) is 0.467. The van der Waals surface area contributed by atoms with Gasteiger partial charge in [-0.05, 0) is 30.5 Å². The second kappa shape index (κ2) is 7.71. The van der Waals surface area contributed by atoms with Gasteiger partial charge in [-0.25, -0.2) is 0 Å². The van der Waals surface area contributed by atoms with Crippen molar-refractivity contribution in [2.24, 2.45) is 0 Å². The highest BCUT2D eigenvalue weighted by molar-refractivity contribution is 5.77. The van der Waals surface area contributed by atoms with E-state index >= 15 is 0 Å². The summed E-state index contributed by atoms with van der Waals surface area (Å²) < 4.78 is 5.36. The van der Waals surface area contributed by atoms with Gasteiger partial charge in [0, 0.05) is 0 Å². The van der Waals surface area contributed by atoms with Gasteiger partial charge >= 0.3 is 0 Å². The molecule has 4 heteroatoms. The van der Waals surface area contributed by atoms with Crippen LogP contribution in [0.1, 0.15) is 25.8 Å². The molecule has 18 heavy (non-hydrogen) atoms. The topological polar surface area (TPSA) is 58.6 Å². The standard InChI is InChI=1S/C14H21NO3/c1-3-11-5-7-13(8-6-11)18-10-14(17)15-12(4-2)9-16/h5-8,12,16H,3-4,9-10H2,1-2H3,(H,15,17). The van der Waals surface area contributed by atoms with E-state index in [1.54, 1.807) is 0 Å². The summed E-state index contributed by atoms with van der Waals surface area (Å²) in [7, 11) is 0. The highest BCUT2D eigenvalue weighted by Gasteiger charge is 2.09. The molecule has 1 rings (SSSR count). The molecule has 0 heterocycles. The Morgan fingerprint density at radius 2 is 2.00 bits per heavy atom. The van der Waals surface area contributed by atoms with Crippen molar-refractivity contribution in [1.29, 1.82) is 0 Å². The van der Waals surface area contributed by atoms with Crippen LogP contribution in [0, 0.1) is 0 Å². The van der Waals surface area contributed by atoms with Crippen molar-refractivity contribution in [2.45, 2.75) is 32.7 Å². The first-order valence-corrected chi connectivity index (χ1v) is 6.31. The van der Waals surface area contributed by atoms with Crippen molar-refractivity contribution in [3.05, 3.63) is 29.8 Å². The molecule has 0 aliphatic heterocycles. The average molecular weight is 251 g/mol. The molecule has 0 radical (unpaired) electrons. The molecule has 0 aliphatic carbocycles.